The van der Waals surface area contributed by atoms with E-state index in [0.29, 0.717) is 0 Å². The highest BCUT2D eigenvalue weighted by Gasteiger charge is 2.18. The third-order valence-electron chi connectivity index (χ3n) is 4.08. The number of hydrogen-bond acceptors (Lipinski definition) is 1. The molecule has 0 unspecified atom stereocenters. The maximum Gasteiger partial charge on any atom is 0.0127 e. The number of hydrogen-bond donors (Lipinski definition) is 0. The summed E-state index contributed by atoms with van der Waals surface area (Å²) in [7, 11) is 0. The second-order valence-electron chi connectivity index (χ2n) is 5.38. The summed E-state index contributed by atoms with van der Waals surface area (Å²) in [6, 6.07) is 21.7. The maximum absolute atomic E-state index is 2.33. The van der Waals surface area contributed by atoms with E-state index < -0.39 is 0 Å². The van der Waals surface area contributed by atoms with Gasteiger partial charge in [0.2, 0.25) is 0 Å². The smallest absolute Gasteiger partial charge is 0.0127 e. The monoisotopic (exact) mass is 288 g/mol. The molecule has 1 heteroatoms. The first kappa shape index (κ1) is 12.6. The zero-order chi connectivity index (χ0) is 14.1. The maximum atomic E-state index is 2.33. The minimum Gasteiger partial charge on any atom is -0.148 e. The molecule has 0 fully saturated rings. The lowest BCUT2D eigenvalue weighted by atomic mass is 9.94. The zero-order valence-electron chi connectivity index (χ0n) is 11.8. The van der Waals surface area contributed by atoms with Crippen molar-refractivity contribution in [3.05, 3.63) is 93.2 Å². The predicted molar refractivity (Wildman–Crippen MR) is 91.6 cm³/mol. The van der Waals surface area contributed by atoms with Gasteiger partial charge in [-0.15, -0.1) is 11.3 Å². The van der Waals surface area contributed by atoms with Crippen molar-refractivity contribution in [1.29, 1.82) is 0 Å². The van der Waals surface area contributed by atoms with Crippen molar-refractivity contribution < 1.29 is 0 Å². The lowest BCUT2D eigenvalue weighted by Crippen LogP contribution is -1.91. The fraction of sp³-hybridized carbons (Fsp3) is 0.100. The van der Waals surface area contributed by atoms with Gasteiger partial charge in [0.25, 0.3) is 0 Å². The predicted octanol–water partition coefficient (Wildman–Crippen LogP) is 5.44. The lowest BCUT2D eigenvalue weighted by Gasteiger charge is -2.10. The quantitative estimate of drug-likeness (QED) is 0.559. The SMILES string of the molecule is C(=C1/c2ccccc2CCc2sccc21)/c1ccccc1. The number of aryl methyl sites for hydroxylation is 2. The van der Waals surface area contributed by atoms with Gasteiger partial charge >= 0.3 is 0 Å². The van der Waals surface area contributed by atoms with Crippen LogP contribution >= 0.6 is 11.3 Å². The van der Waals surface area contributed by atoms with Crippen LogP contribution in [-0.2, 0) is 12.8 Å². The van der Waals surface area contributed by atoms with Crippen molar-refractivity contribution in [2.75, 3.05) is 0 Å². The molecular formula is C20H16S. The minimum atomic E-state index is 1.13. The fourth-order valence-corrected chi connectivity index (χ4v) is 3.93. The molecule has 0 aliphatic heterocycles. The standard InChI is InChI=1S/C20H16S/c1-2-6-15(7-3-1)14-19-17-9-5-4-8-16(17)10-11-20-18(19)12-13-21-20/h1-9,12-14H,10-11H2/b19-14+. The summed E-state index contributed by atoms with van der Waals surface area (Å²) in [5.74, 6) is 0. The Kier molecular flexibility index (Phi) is 3.21. The summed E-state index contributed by atoms with van der Waals surface area (Å²) in [6.07, 6.45) is 4.61. The van der Waals surface area contributed by atoms with Crippen molar-refractivity contribution in [2.45, 2.75) is 12.8 Å². The van der Waals surface area contributed by atoms with Crippen LogP contribution in [0.25, 0.3) is 11.6 Å². The molecule has 0 atom stereocenters. The van der Waals surface area contributed by atoms with Crippen molar-refractivity contribution in [3.8, 4) is 0 Å². The summed E-state index contributed by atoms with van der Waals surface area (Å²) in [5, 5.41) is 2.22. The molecule has 1 aliphatic rings. The molecule has 1 heterocycles. The van der Waals surface area contributed by atoms with Gasteiger partial charge in [-0.1, -0.05) is 54.6 Å². The van der Waals surface area contributed by atoms with Gasteiger partial charge in [-0.2, -0.15) is 0 Å². The summed E-state index contributed by atoms with van der Waals surface area (Å²) >= 11 is 1.88. The lowest BCUT2D eigenvalue weighted by molar-refractivity contribution is 0.985. The molecule has 21 heavy (non-hydrogen) atoms. The van der Waals surface area contributed by atoms with Crippen LogP contribution in [-0.4, -0.2) is 0 Å². The van der Waals surface area contributed by atoms with Gasteiger partial charge in [-0.25, -0.2) is 0 Å². The second-order valence-corrected chi connectivity index (χ2v) is 6.38. The molecule has 102 valence electrons. The molecule has 3 aromatic rings. The Morgan fingerprint density at radius 1 is 0.762 bits per heavy atom. The molecule has 0 bridgehead atoms. The van der Waals surface area contributed by atoms with Crippen LogP contribution in [0.5, 0.6) is 0 Å². The summed E-state index contributed by atoms with van der Waals surface area (Å²) < 4.78 is 0. The number of fused-ring (bicyclic) bond motifs is 2. The first-order valence-corrected chi connectivity index (χ1v) is 8.21. The van der Waals surface area contributed by atoms with Gasteiger partial charge in [-0.05, 0) is 58.2 Å². The van der Waals surface area contributed by atoms with E-state index >= 15 is 0 Å². The van der Waals surface area contributed by atoms with Crippen LogP contribution in [0.15, 0.2) is 66.0 Å². The van der Waals surface area contributed by atoms with E-state index in [0.717, 1.165) is 12.8 Å². The van der Waals surface area contributed by atoms with Crippen LogP contribution in [0.2, 0.25) is 0 Å². The third-order valence-corrected chi connectivity index (χ3v) is 5.06. The van der Waals surface area contributed by atoms with E-state index in [1.54, 1.807) is 0 Å². The van der Waals surface area contributed by atoms with E-state index in [4.69, 9.17) is 0 Å². The van der Waals surface area contributed by atoms with Crippen LogP contribution < -0.4 is 0 Å². The number of rotatable bonds is 1. The van der Waals surface area contributed by atoms with E-state index in [2.05, 4.69) is 72.1 Å². The Bertz CT molecular complexity index is 793. The largest absolute Gasteiger partial charge is 0.148 e. The Labute approximate surface area is 129 Å². The molecule has 1 aliphatic carbocycles. The summed E-state index contributed by atoms with van der Waals surface area (Å²) in [5.41, 5.74) is 6.89. The highest BCUT2D eigenvalue weighted by molar-refractivity contribution is 7.10. The van der Waals surface area contributed by atoms with Crippen LogP contribution in [0.1, 0.15) is 27.1 Å². The van der Waals surface area contributed by atoms with E-state index in [-0.39, 0.29) is 0 Å². The van der Waals surface area contributed by atoms with Gasteiger partial charge in [0, 0.05) is 4.88 Å². The molecule has 0 radical (unpaired) electrons. The third kappa shape index (κ3) is 2.34. The van der Waals surface area contributed by atoms with Crippen LogP contribution in [0.4, 0.5) is 0 Å². The summed E-state index contributed by atoms with van der Waals surface area (Å²) in [4.78, 5) is 1.51. The van der Waals surface area contributed by atoms with Crippen molar-refractivity contribution >= 4 is 23.0 Å². The molecule has 1 aromatic heterocycles. The molecular weight excluding hydrogens is 272 g/mol. The van der Waals surface area contributed by atoms with Gasteiger partial charge in [0.1, 0.15) is 0 Å². The van der Waals surface area contributed by atoms with Gasteiger partial charge in [0.05, 0.1) is 0 Å². The van der Waals surface area contributed by atoms with Crippen LogP contribution in [0.3, 0.4) is 0 Å². The number of thiophene rings is 1. The van der Waals surface area contributed by atoms with Crippen LogP contribution in [0, 0.1) is 0 Å². The molecule has 0 N–H and O–H groups in total. The molecule has 0 nitrogen and oxygen atoms in total. The first-order chi connectivity index (χ1) is 10.4. The van der Waals surface area contributed by atoms with Gasteiger partial charge in [-0.3, -0.25) is 0 Å². The van der Waals surface area contributed by atoms with Crippen molar-refractivity contribution in [3.63, 3.8) is 0 Å². The second kappa shape index (κ2) is 5.34. The highest BCUT2D eigenvalue weighted by Crippen LogP contribution is 2.37. The summed E-state index contributed by atoms with van der Waals surface area (Å²) in [6.45, 7) is 0. The highest BCUT2D eigenvalue weighted by atomic mass is 32.1. The first-order valence-electron chi connectivity index (χ1n) is 7.33. The molecule has 0 saturated heterocycles. The van der Waals surface area contributed by atoms with E-state index in [1.807, 2.05) is 11.3 Å². The van der Waals surface area contributed by atoms with Crippen molar-refractivity contribution in [1.82, 2.24) is 0 Å². The minimum absolute atomic E-state index is 1.13. The average molecular weight is 288 g/mol. The topological polar surface area (TPSA) is 0 Å². The molecule has 0 saturated carbocycles. The average Bonchev–Trinajstić information content (AvgIpc) is 2.95. The molecule has 0 spiro atoms. The normalized spacial score (nSPS) is 15.3. The van der Waals surface area contributed by atoms with E-state index in [9.17, 15) is 0 Å². The molecule has 4 rings (SSSR count). The van der Waals surface area contributed by atoms with Gasteiger partial charge < -0.3 is 0 Å². The Hall–Kier alpha value is -2.12. The van der Waals surface area contributed by atoms with E-state index in [1.165, 1.54) is 32.7 Å². The molecule has 2 aromatic carbocycles. The Morgan fingerprint density at radius 3 is 2.48 bits per heavy atom. The fourth-order valence-electron chi connectivity index (χ4n) is 3.04. The Morgan fingerprint density at radius 2 is 1.57 bits per heavy atom. The van der Waals surface area contributed by atoms with Gasteiger partial charge in [0.15, 0.2) is 0 Å². The zero-order valence-corrected chi connectivity index (χ0v) is 12.6. The van der Waals surface area contributed by atoms with Crippen molar-refractivity contribution in [2.24, 2.45) is 0 Å². The number of benzene rings is 2. The molecule has 0 amide bonds. The Balaban J connectivity index is 1.96.